The minimum Gasteiger partial charge on any atom is -0.481 e. The van der Waals surface area contributed by atoms with Crippen LogP contribution in [-0.2, 0) is 19.1 Å². The highest BCUT2D eigenvalue weighted by Crippen LogP contribution is 2.46. The van der Waals surface area contributed by atoms with E-state index < -0.39 is 54.8 Å². The van der Waals surface area contributed by atoms with E-state index in [4.69, 9.17) is 5.11 Å². The summed E-state index contributed by atoms with van der Waals surface area (Å²) in [6, 6.07) is -2.14. The van der Waals surface area contributed by atoms with Crippen LogP contribution in [0.1, 0.15) is 19.8 Å². The van der Waals surface area contributed by atoms with Crippen molar-refractivity contribution in [3.8, 4) is 0 Å². The van der Waals surface area contributed by atoms with Crippen LogP contribution < -0.4 is 5.32 Å². The lowest BCUT2D eigenvalue weighted by Gasteiger charge is -2.28. The van der Waals surface area contributed by atoms with Gasteiger partial charge in [-0.3, -0.25) is 9.59 Å². The molecule has 140 valence electrons. The van der Waals surface area contributed by atoms with Gasteiger partial charge in [-0.1, -0.05) is 0 Å². The number of alkyl halides is 7. The van der Waals surface area contributed by atoms with Crippen molar-refractivity contribution in [2.24, 2.45) is 0 Å². The molecule has 6 nitrogen and oxygen atoms in total. The standard InChI is InChI=1S/C11H12F7NO5/c1-2-24-7(22)5(3-4-6(20)21)19-8(23)9(12,13)10(14,15)11(16,17)18/h5H,2-4H2,1H3,(H,19,23)(H,20,21). The third-order valence-corrected chi connectivity index (χ3v) is 2.56. The lowest BCUT2D eigenvalue weighted by atomic mass is 10.1. The Bertz CT molecular complexity index is 492. The molecule has 0 heterocycles. The number of hydrogen-bond donors (Lipinski definition) is 2. The topological polar surface area (TPSA) is 92.7 Å². The Labute approximate surface area is 129 Å². The van der Waals surface area contributed by atoms with Gasteiger partial charge >= 0.3 is 30.0 Å². The average Bonchev–Trinajstić information content (AvgIpc) is 2.41. The van der Waals surface area contributed by atoms with E-state index in [0.29, 0.717) is 0 Å². The van der Waals surface area contributed by atoms with Gasteiger partial charge in [0.25, 0.3) is 5.91 Å². The zero-order valence-corrected chi connectivity index (χ0v) is 11.9. The monoisotopic (exact) mass is 371 g/mol. The summed E-state index contributed by atoms with van der Waals surface area (Å²) in [6.07, 6.45) is -8.45. The predicted octanol–water partition coefficient (Wildman–Crippen LogP) is 1.73. The maximum absolute atomic E-state index is 13.1. The van der Waals surface area contributed by atoms with Crippen LogP contribution in [0.15, 0.2) is 0 Å². The van der Waals surface area contributed by atoms with Gasteiger partial charge in [0.05, 0.1) is 6.61 Å². The summed E-state index contributed by atoms with van der Waals surface area (Å²) < 4.78 is 92.0. The highest BCUT2D eigenvalue weighted by molar-refractivity contribution is 5.89. The molecule has 0 aliphatic carbocycles. The molecule has 1 amide bonds. The maximum atomic E-state index is 13.1. The van der Waals surface area contributed by atoms with Crippen molar-refractivity contribution in [2.75, 3.05) is 6.61 Å². The van der Waals surface area contributed by atoms with Crippen molar-refractivity contribution in [3.05, 3.63) is 0 Å². The smallest absolute Gasteiger partial charge is 0.460 e. The molecular formula is C11H12F7NO5. The summed E-state index contributed by atoms with van der Waals surface area (Å²) in [7, 11) is 0. The molecule has 1 unspecified atom stereocenters. The van der Waals surface area contributed by atoms with Gasteiger partial charge in [-0.05, 0) is 13.3 Å². The average molecular weight is 371 g/mol. The molecule has 0 spiro atoms. The Balaban J connectivity index is 5.35. The fourth-order valence-electron chi connectivity index (χ4n) is 1.33. The number of carboxylic acid groups (broad SMARTS) is 1. The van der Waals surface area contributed by atoms with Crippen LogP contribution in [-0.4, -0.2) is 53.6 Å². The first-order valence-electron chi connectivity index (χ1n) is 6.20. The van der Waals surface area contributed by atoms with Gasteiger partial charge in [-0.2, -0.15) is 30.7 Å². The number of carboxylic acids is 1. The Morgan fingerprint density at radius 3 is 1.96 bits per heavy atom. The number of carbonyl (C=O) groups is 3. The number of rotatable bonds is 8. The summed E-state index contributed by atoms with van der Waals surface area (Å²) in [5.41, 5.74) is 0. The highest BCUT2D eigenvalue weighted by Gasteiger charge is 2.76. The van der Waals surface area contributed by atoms with E-state index in [2.05, 4.69) is 4.74 Å². The minimum atomic E-state index is -6.73. The van der Waals surface area contributed by atoms with Crippen molar-refractivity contribution in [1.29, 1.82) is 0 Å². The van der Waals surface area contributed by atoms with E-state index in [1.54, 1.807) is 0 Å². The highest BCUT2D eigenvalue weighted by atomic mass is 19.4. The van der Waals surface area contributed by atoms with Gasteiger partial charge in [0.2, 0.25) is 0 Å². The first-order chi connectivity index (χ1) is 10.7. The van der Waals surface area contributed by atoms with Crippen LogP contribution in [0.2, 0.25) is 0 Å². The number of aliphatic carboxylic acids is 1. The molecule has 1 atom stereocenters. The number of amides is 1. The number of ether oxygens (including phenoxy) is 1. The van der Waals surface area contributed by atoms with Crippen LogP contribution in [0.5, 0.6) is 0 Å². The molecule has 0 aliphatic heterocycles. The van der Waals surface area contributed by atoms with Crippen molar-refractivity contribution >= 4 is 17.8 Å². The molecule has 0 bridgehead atoms. The molecule has 0 fully saturated rings. The second-order valence-electron chi connectivity index (χ2n) is 4.36. The first kappa shape index (κ1) is 21.9. The lowest BCUT2D eigenvalue weighted by Crippen LogP contribution is -2.61. The molecule has 2 N–H and O–H groups in total. The van der Waals surface area contributed by atoms with Crippen molar-refractivity contribution in [3.63, 3.8) is 0 Å². The predicted molar refractivity (Wildman–Crippen MR) is 61.4 cm³/mol. The zero-order valence-electron chi connectivity index (χ0n) is 11.9. The Hall–Kier alpha value is -2.08. The summed E-state index contributed by atoms with van der Waals surface area (Å²) >= 11 is 0. The molecule has 24 heavy (non-hydrogen) atoms. The third kappa shape index (κ3) is 4.96. The molecule has 0 aromatic rings. The molecule has 13 heteroatoms. The summed E-state index contributed by atoms with van der Waals surface area (Å²) in [4.78, 5) is 32.9. The fourth-order valence-corrected chi connectivity index (χ4v) is 1.33. The number of nitrogens with one attached hydrogen (secondary N) is 1. The van der Waals surface area contributed by atoms with Crippen molar-refractivity contribution in [1.82, 2.24) is 5.32 Å². The quantitative estimate of drug-likeness (QED) is 0.501. The van der Waals surface area contributed by atoms with Gasteiger partial charge in [-0.25, -0.2) is 4.79 Å². The molecule has 0 saturated carbocycles. The fraction of sp³-hybridized carbons (Fsp3) is 0.727. The number of esters is 1. The zero-order chi connectivity index (χ0) is 19.3. The van der Waals surface area contributed by atoms with E-state index in [1.165, 1.54) is 6.92 Å². The summed E-state index contributed by atoms with van der Waals surface area (Å²) in [5, 5.41) is 9.39. The van der Waals surface area contributed by atoms with Crippen LogP contribution in [0, 0.1) is 0 Å². The minimum absolute atomic E-state index is 0.340. The van der Waals surface area contributed by atoms with E-state index >= 15 is 0 Å². The summed E-state index contributed by atoms with van der Waals surface area (Å²) in [5.74, 6) is -19.0. The van der Waals surface area contributed by atoms with Crippen LogP contribution in [0.25, 0.3) is 0 Å². The Morgan fingerprint density at radius 1 is 1.08 bits per heavy atom. The van der Waals surface area contributed by atoms with Gasteiger partial charge in [-0.15, -0.1) is 0 Å². The van der Waals surface area contributed by atoms with Gasteiger partial charge in [0, 0.05) is 6.42 Å². The van der Waals surface area contributed by atoms with E-state index in [-0.39, 0.29) is 6.61 Å². The third-order valence-electron chi connectivity index (χ3n) is 2.56. The van der Waals surface area contributed by atoms with E-state index in [1.807, 2.05) is 0 Å². The molecule has 0 rings (SSSR count). The second-order valence-corrected chi connectivity index (χ2v) is 4.36. The Morgan fingerprint density at radius 2 is 1.58 bits per heavy atom. The molecule has 0 radical (unpaired) electrons. The largest absolute Gasteiger partial charge is 0.481 e. The molecule has 0 aromatic carbocycles. The van der Waals surface area contributed by atoms with Crippen LogP contribution >= 0.6 is 0 Å². The molecule has 0 aliphatic rings. The maximum Gasteiger partial charge on any atom is 0.460 e. The number of carbonyl (C=O) groups excluding carboxylic acids is 2. The SMILES string of the molecule is CCOC(=O)C(CCC(=O)O)NC(=O)C(F)(F)C(F)(F)C(F)(F)F. The summed E-state index contributed by atoms with van der Waals surface area (Å²) in [6.45, 7) is 0.910. The van der Waals surface area contributed by atoms with Crippen molar-refractivity contribution in [2.45, 2.75) is 43.8 Å². The number of halogens is 7. The lowest BCUT2D eigenvalue weighted by molar-refractivity contribution is -0.344. The molecule has 0 aromatic heterocycles. The van der Waals surface area contributed by atoms with Crippen LogP contribution in [0.4, 0.5) is 30.7 Å². The second kappa shape index (κ2) is 7.66. The van der Waals surface area contributed by atoms with Gasteiger partial charge in [0.1, 0.15) is 6.04 Å². The van der Waals surface area contributed by atoms with Crippen molar-refractivity contribution < 1.29 is 55.0 Å². The molecule has 0 saturated heterocycles. The van der Waals surface area contributed by atoms with Gasteiger partial charge in [0.15, 0.2) is 0 Å². The Kier molecular flexibility index (Phi) is 7.00. The van der Waals surface area contributed by atoms with Gasteiger partial charge < -0.3 is 15.2 Å². The van der Waals surface area contributed by atoms with Crippen LogP contribution in [0.3, 0.4) is 0 Å². The molecular weight excluding hydrogens is 359 g/mol. The van der Waals surface area contributed by atoms with E-state index in [9.17, 15) is 45.1 Å². The normalized spacial score (nSPS) is 14.0. The van der Waals surface area contributed by atoms with E-state index in [0.717, 1.165) is 5.32 Å². The first-order valence-corrected chi connectivity index (χ1v) is 6.20. The number of hydrogen-bond acceptors (Lipinski definition) is 4.